The number of nitrogens with zero attached hydrogens (tertiary/aromatic N) is 4. The molecule has 0 amide bonds. The molecule has 2 saturated carbocycles. The average Bonchev–Trinajstić information content (AvgIpc) is 3.66. The summed E-state index contributed by atoms with van der Waals surface area (Å²) in [7, 11) is 2.10. The molecule has 1 N–H and O–H groups in total. The SMILES string of the molecule is [C-]#[N+]CCN(C)C1(C2CCN(c3c(F)cc4c(=O)[nH]c(=O)n(C5CC5)c4c3C)C2)CC1. The van der Waals surface area contributed by atoms with Crippen LogP contribution < -0.4 is 16.1 Å². The lowest BCUT2D eigenvalue weighted by atomic mass is 9.95. The highest BCUT2D eigenvalue weighted by Gasteiger charge is 2.54. The first-order chi connectivity index (χ1) is 14.9. The minimum atomic E-state index is -0.525. The molecule has 1 aromatic carbocycles. The zero-order valence-electron chi connectivity index (χ0n) is 18.1. The predicted octanol–water partition coefficient (Wildman–Crippen LogP) is 2.68. The molecule has 2 aromatic rings. The van der Waals surface area contributed by atoms with Crippen LogP contribution in [-0.4, -0.2) is 53.2 Å². The number of aromatic amines is 1. The summed E-state index contributed by atoms with van der Waals surface area (Å²) < 4.78 is 17.0. The molecule has 2 aliphatic carbocycles. The summed E-state index contributed by atoms with van der Waals surface area (Å²) in [5.74, 6) is 0.0193. The van der Waals surface area contributed by atoms with E-state index >= 15 is 4.39 Å². The lowest BCUT2D eigenvalue weighted by Gasteiger charge is -2.32. The van der Waals surface area contributed by atoms with Crippen LogP contribution in [-0.2, 0) is 0 Å². The van der Waals surface area contributed by atoms with E-state index in [0.717, 1.165) is 51.7 Å². The van der Waals surface area contributed by atoms with Gasteiger partial charge in [-0.3, -0.25) is 19.2 Å². The van der Waals surface area contributed by atoms with E-state index in [1.807, 2.05) is 6.92 Å². The van der Waals surface area contributed by atoms with E-state index in [1.165, 1.54) is 6.07 Å². The lowest BCUT2D eigenvalue weighted by Crippen LogP contribution is -2.42. The van der Waals surface area contributed by atoms with Crippen LogP contribution in [0.15, 0.2) is 15.7 Å². The van der Waals surface area contributed by atoms with E-state index in [9.17, 15) is 9.59 Å². The van der Waals surface area contributed by atoms with Gasteiger partial charge in [-0.05, 0) is 58.1 Å². The molecule has 2 heterocycles. The van der Waals surface area contributed by atoms with Crippen molar-refractivity contribution >= 4 is 16.6 Å². The van der Waals surface area contributed by atoms with Gasteiger partial charge in [-0.1, -0.05) is 0 Å². The Morgan fingerprint density at radius 1 is 1.32 bits per heavy atom. The summed E-state index contributed by atoms with van der Waals surface area (Å²) in [5, 5.41) is 0.249. The molecule has 1 saturated heterocycles. The van der Waals surface area contributed by atoms with Gasteiger partial charge in [0.15, 0.2) is 0 Å². The molecule has 8 heteroatoms. The number of hydrogen-bond donors (Lipinski definition) is 1. The van der Waals surface area contributed by atoms with Gasteiger partial charge in [0.2, 0.25) is 6.54 Å². The van der Waals surface area contributed by atoms with Gasteiger partial charge >= 0.3 is 5.69 Å². The zero-order chi connectivity index (χ0) is 21.9. The van der Waals surface area contributed by atoms with Crippen LogP contribution in [0.4, 0.5) is 10.1 Å². The zero-order valence-corrected chi connectivity index (χ0v) is 18.1. The fourth-order valence-corrected chi connectivity index (χ4v) is 5.69. The number of nitrogens with one attached hydrogen (secondary N) is 1. The van der Waals surface area contributed by atoms with Crippen molar-refractivity contribution in [3.63, 3.8) is 0 Å². The minimum absolute atomic E-state index is 0.0843. The normalized spacial score (nSPS) is 22.3. The fourth-order valence-electron chi connectivity index (χ4n) is 5.69. The number of rotatable bonds is 6. The molecular formula is C23H28FN5O2. The molecule has 3 fully saturated rings. The maximum Gasteiger partial charge on any atom is 0.329 e. The number of anilines is 1. The van der Waals surface area contributed by atoms with E-state index in [4.69, 9.17) is 6.57 Å². The molecular weight excluding hydrogens is 397 g/mol. The van der Waals surface area contributed by atoms with Crippen molar-refractivity contribution in [1.29, 1.82) is 0 Å². The van der Waals surface area contributed by atoms with E-state index in [2.05, 4.69) is 26.7 Å². The average molecular weight is 426 g/mol. The first-order valence-corrected chi connectivity index (χ1v) is 11.1. The Bertz CT molecular complexity index is 1200. The van der Waals surface area contributed by atoms with Crippen molar-refractivity contribution in [2.45, 2.75) is 50.6 Å². The van der Waals surface area contributed by atoms with Crippen molar-refractivity contribution in [1.82, 2.24) is 14.5 Å². The molecule has 3 aliphatic rings. The van der Waals surface area contributed by atoms with E-state index in [1.54, 1.807) is 4.57 Å². The maximum absolute atomic E-state index is 15.3. The van der Waals surface area contributed by atoms with Crippen LogP contribution in [0.1, 0.15) is 43.7 Å². The van der Waals surface area contributed by atoms with E-state index in [-0.39, 0.29) is 17.0 Å². The van der Waals surface area contributed by atoms with Gasteiger partial charge in [0.1, 0.15) is 5.82 Å². The highest BCUT2D eigenvalue weighted by Crippen LogP contribution is 2.51. The molecule has 7 nitrogen and oxygen atoms in total. The quantitative estimate of drug-likeness (QED) is 0.723. The minimum Gasteiger partial charge on any atom is -0.369 e. The summed E-state index contributed by atoms with van der Waals surface area (Å²) in [5.41, 5.74) is 0.965. The summed E-state index contributed by atoms with van der Waals surface area (Å²) in [4.78, 5) is 35.2. The van der Waals surface area contributed by atoms with Gasteiger partial charge in [-0.2, -0.15) is 0 Å². The molecule has 5 rings (SSSR count). The second-order valence-electron chi connectivity index (χ2n) is 9.43. The van der Waals surface area contributed by atoms with Crippen molar-refractivity contribution in [2.75, 3.05) is 38.1 Å². The summed E-state index contributed by atoms with van der Waals surface area (Å²) >= 11 is 0. The van der Waals surface area contributed by atoms with Crippen molar-refractivity contribution in [2.24, 2.45) is 5.92 Å². The molecule has 0 spiro atoms. The second-order valence-corrected chi connectivity index (χ2v) is 9.43. The van der Waals surface area contributed by atoms with E-state index in [0.29, 0.717) is 29.2 Å². The fraction of sp³-hybridized carbons (Fsp3) is 0.609. The Morgan fingerprint density at radius 3 is 2.71 bits per heavy atom. The first-order valence-electron chi connectivity index (χ1n) is 11.1. The molecule has 1 aliphatic heterocycles. The monoisotopic (exact) mass is 425 g/mol. The standard InChI is InChI=1S/C23H28FN5O2/c1-14-19-17(21(30)26-22(31)29(19)16-4-5-16)12-18(24)20(14)28-10-6-15(13-28)23(7-8-23)27(3)11-9-25-2/h12,15-16H,4-11,13H2,1,3H3,(H,26,30,31). The van der Waals surface area contributed by atoms with Gasteiger partial charge in [0.25, 0.3) is 5.56 Å². The van der Waals surface area contributed by atoms with Gasteiger partial charge in [0.05, 0.1) is 23.1 Å². The third kappa shape index (κ3) is 3.18. The van der Waals surface area contributed by atoms with Crippen LogP contribution in [0.3, 0.4) is 0 Å². The maximum atomic E-state index is 15.3. The number of fused-ring (bicyclic) bond motifs is 1. The van der Waals surface area contributed by atoms with Crippen LogP contribution in [0, 0.1) is 25.2 Å². The number of halogens is 1. The molecule has 1 aromatic heterocycles. The van der Waals surface area contributed by atoms with Gasteiger partial charge in [-0.25, -0.2) is 15.8 Å². The highest BCUT2D eigenvalue weighted by atomic mass is 19.1. The lowest BCUT2D eigenvalue weighted by molar-refractivity contribution is 0.168. The molecule has 164 valence electrons. The summed E-state index contributed by atoms with van der Waals surface area (Å²) in [6.45, 7) is 11.7. The third-order valence-electron chi connectivity index (χ3n) is 7.63. The molecule has 1 atom stereocenters. The van der Waals surface area contributed by atoms with Gasteiger partial charge < -0.3 is 9.74 Å². The molecule has 1 unspecified atom stereocenters. The first kappa shape index (κ1) is 20.3. The summed E-state index contributed by atoms with van der Waals surface area (Å²) in [6.07, 6.45) is 5.02. The second kappa shape index (κ2) is 7.20. The number of aryl methyl sites for hydroxylation is 1. The number of likely N-dealkylation sites (N-methyl/N-ethyl adjacent to an activating group) is 1. The topological polar surface area (TPSA) is 65.7 Å². The van der Waals surface area contributed by atoms with Crippen LogP contribution >= 0.6 is 0 Å². The Balaban J connectivity index is 1.52. The van der Waals surface area contributed by atoms with Crippen molar-refractivity contribution in [3.05, 3.63) is 49.7 Å². The Morgan fingerprint density at radius 2 is 2.06 bits per heavy atom. The molecule has 31 heavy (non-hydrogen) atoms. The number of benzene rings is 1. The number of H-pyrrole nitrogens is 1. The smallest absolute Gasteiger partial charge is 0.329 e. The Hall–Kier alpha value is -2.66. The summed E-state index contributed by atoms with van der Waals surface area (Å²) in [6, 6.07) is 1.39. The highest BCUT2D eigenvalue weighted by molar-refractivity contribution is 5.87. The Kier molecular flexibility index (Phi) is 4.70. The van der Waals surface area contributed by atoms with E-state index < -0.39 is 17.1 Å². The molecule has 0 radical (unpaired) electrons. The van der Waals surface area contributed by atoms with Gasteiger partial charge in [0, 0.05) is 30.2 Å². The van der Waals surface area contributed by atoms with Crippen LogP contribution in [0.25, 0.3) is 15.7 Å². The Labute approximate surface area is 180 Å². The van der Waals surface area contributed by atoms with Gasteiger partial charge in [-0.15, -0.1) is 0 Å². The molecule has 0 bridgehead atoms. The number of hydrogen-bond acceptors (Lipinski definition) is 4. The largest absolute Gasteiger partial charge is 0.369 e. The third-order valence-corrected chi connectivity index (χ3v) is 7.63. The number of aromatic nitrogens is 2. The van der Waals surface area contributed by atoms with Crippen molar-refractivity contribution in [3.8, 4) is 0 Å². The van der Waals surface area contributed by atoms with Crippen LogP contribution in [0.5, 0.6) is 0 Å². The van der Waals surface area contributed by atoms with Crippen LogP contribution in [0.2, 0.25) is 0 Å². The van der Waals surface area contributed by atoms with Crippen molar-refractivity contribution < 1.29 is 4.39 Å². The predicted molar refractivity (Wildman–Crippen MR) is 118 cm³/mol.